The summed E-state index contributed by atoms with van der Waals surface area (Å²) in [5, 5.41) is 3.41. The van der Waals surface area contributed by atoms with E-state index in [0.29, 0.717) is 12.5 Å². The summed E-state index contributed by atoms with van der Waals surface area (Å²) in [5.74, 6) is 2.12. The molecule has 4 heteroatoms. The summed E-state index contributed by atoms with van der Waals surface area (Å²) >= 11 is 3.28. The first-order chi connectivity index (χ1) is 9.02. The Kier molecular flexibility index (Phi) is 6.95. The predicted molar refractivity (Wildman–Crippen MR) is 83.1 cm³/mol. The van der Waals surface area contributed by atoms with Crippen LogP contribution in [0.3, 0.4) is 0 Å². The average molecular weight is 328 g/mol. The minimum absolute atomic E-state index is 0.430. The van der Waals surface area contributed by atoms with E-state index in [2.05, 4.69) is 41.7 Å². The minimum Gasteiger partial charge on any atom is -0.493 e. The van der Waals surface area contributed by atoms with Gasteiger partial charge >= 0.3 is 0 Å². The van der Waals surface area contributed by atoms with Crippen LogP contribution in [0.1, 0.15) is 19.4 Å². The molecule has 0 fully saturated rings. The van der Waals surface area contributed by atoms with Crippen molar-refractivity contribution < 1.29 is 9.47 Å². The van der Waals surface area contributed by atoms with Gasteiger partial charge in [-0.15, -0.1) is 0 Å². The van der Waals surface area contributed by atoms with Crippen LogP contribution in [-0.2, 0) is 6.54 Å². The highest BCUT2D eigenvalue weighted by Gasteiger charge is 2.06. The van der Waals surface area contributed by atoms with Gasteiger partial charge in [0, 0.05) is 11.0 Å². The molecule has 0 aliphatic heterocycles. The van der Waals surface area contributed by atoms with Crippen molar-refractivity contribution in [1.29, 1.82) is 0 Å². The zero-order valence-electron chi connectivity index (χ0n) is 11.8. The molecule has 1 aromatic rings. The summed E-state index contributed by atoms with van der Waals surface area (Å²) in [6.45, 7) is 10.4. The van der Waals surface area contributed by atoms with Gasteiger partial charge in [0.15, 0.2) is 11.5 Å². The molecule has 0 aliphatic carbocycles. The van der Waals surface area contributed by atoms with Crippen LogP contribution >= 0.6 is 15.9 Å². The minimum atomic E-state index is 0.430. The van der Waals surface area contributed by atoms with Gasteiger partial charge in [0.05, 0.1) is 7.11 Å². The Labute approximate surface area is 124 Å². The third kappa shape index (κ3) is 6.12. The van der Waals surface area contributed by atoms with Crippen LogP contribution in [0.25, 0.3) is 0 Å². The monoisotopic (exact) mass is 327 g/mol. The van der Waals surface area contributed by atoms with Crippen molar-refractivity contribution in [1.82, 2.24) is 5.32 Å². The zero-order chi connectivity index (χ0) is 14.3. The Hall–Kier alpha value is -1.00. The molecule has 1 rings (SSSR count). The molecule has 0 amide bonds. The normalized spacial score (nSPS) is 10.6. The van der Waals surface area contributed by atoms with Crippen LogP contribution in [0.15, 0.2) is 29.3 Å². The van der Waals surface area contributed by atoms with Gasteiger partial charge < -0.3 is 14.8 Å². The quantitative estimate of drug-likeness (QED) is 0.789. The topological polar surface area (TPSA) is 30.5 Å². The summed E-state index contributed by atoms with van der Waals surface area (Å²) in [6.07, 6.45) is 0. The number of methoxy groups -OCH3 is 1. The average Bonchev–Trinajstić information content (AvgIpc) is 2.36. The lowest BCUT2D eigenvalue weighted by molar-refractivity contribution is 0.324. The van der Waals surface area contributed by atoms with Gasteiger partial charge in [-0.25, -0.2) is 0 Å². The van der Waals surface area contributed by atoms with Gasteiger partial charge in [-0.2, -0.15) is 0 Å². The molecular formula is C15H22BrNO2. The van der Waals surface area contributed by atoms with E-state index in [9.17, 15) is 0 Å². The lowest BCUT2D eigenvalue weighted by atomic mass is 10.2. The maximum absolute atomic E-state index is 5.66. The van der Waals surface area contributed by atoms with E-state index in [1.54, 1.807) is 7.11 Å². The fraction of sp³-hybridized carbons (Fsp3) is 0.467. The highest BCUT2D eigenvalue weighted by Crippen LogP contribution is 2.28. The summed E-state index contributed by atoms with van der Waals surface area (Å²) in [7, 11) is 1.64. The Morgan fingerprint density at radius 3 is 2.68 bits per heavy atom. The molecule has 0 spiro atoms. The van der Waals surface area contributed by atoms with E-state index in [4.69, 9.17) is 9.47 Å². The van der Waals surface area contributed by atoms with Crippen molar-refractivity contribution in [3.8, 4) is 11.5 Å². The molecule has 1 aromatic carbocycles. The van der Waals surface area contributed by atoms with Gasteiger partial charge in [0.2, 0.25) is 0 Å². The van der Waals surface area contributed by atoms with E-state index >= 15 is 0 Å². The van der Waals surface area contributed by atoms with E-state index in [-0.39, 0.29) is 0 Å². The van der Waals surface area contributed by atoms with Crippen LogP contribution in [0.5, 0.6) is 11.5 Å². The zero-order valence-corrected chi connectivity index (χ0v) is 13.4. The van der Waals surface area contributed by atoms with Gasteiger partial charge in [0.25, 0.3) is 0 Å². The molecule has 0 aromatic heterocycles. The van der Waals surface area contributed by atoms with Crippen molar-refractivity contribution in [3.05, 3.63) is 34.8 Å². The molecule has 1 N–H and O–H groups in total. The van der Waals surface area contributed by atoms with Crippen LogP contribution in [0.2, 0.25) is 0 Å². The molecule has 3 nitrogen and oxygen atoms in total. The first-order valence-electron chi connectivity index (χ1n) is 6.36. The summed E-state index contributed by atoms with van der Waals surface area (Å²) in [4.78, 5) is 0. The molecule has 0 radical (unpaired) electrons. The van der Waals surface area contributed by atoms with E-state index in [1.807, 2.05) is 18.2 Å². The second-order valence-electron chi connectivity index (χ2n) is 4.82. The Morgan fingerprint density at radius 1 is 1.37 bits per heavy atom. The number of nitrogens with one attached hydrogen (secondary N) is 1. The third-order valence-corrected chi connectivity index (χ3v) is 2.72. The number of benzene rings is 1. The SMILES string of the molecule is C=C(Br)COc1cc(CNCC(C)C)ccc1OC. The Bertz CT molecular complexity index is 419. The first-order valence-corrected chi connectivity index (χ1v) is 7.16. The van der Waals surface area contributed by atoms with Crippen molar-refractivity contribution in [2.45, 2.75) is 20.4 Å². The van der Waals surface area contributed by atoms with Gasteiger partial charge in [-0.3, -0.25) is 0 Å². The fourth-order valence-electron chi connectivity index (χ4n) is 1.61. The number of hydrogen-bond acceptors (Lipinski definition) is 3. The summed E-state index contributed by atoms with van der Waals surface area (Å²) < 4.78 is 11.7. The highest BCUT2D eigenvalue weighted by molar-refractivity contribution is 9.11. The number of ether oxygens (including phenoxy) is 2. The smallest absolute Gasteiger partial charge is 0.162 e. The van der Waals surface area contributed by atoms with E-state index in [0.717, 1.165) is 29.1 Å². The maximum Gasteiger partial charge on any atom is 0.162 e. The van der Waals surface area contributed by atoms with Gasteiger partial charge in [0.1, 0.15) is 6.61 Å². The largest absolute Gasteiger partial charge is 0.493 e. The van der Waals surface area contributed by atoms with Crippen LogP contribution < -0.4 is 14.8 Å². The van der Waals surface area contributed by atoms with E-state index in [1.165, 1.54) is 5.56 Å². The lowest BCUT2D eigenvalue weighted by Gasteiger charge is -2.13. The standard InChI is InChI=1S/C15H22BrNO2/c1-11(2)8-17-9-13-5-6-14(18-4)15(7-13)19-10-12(3)16/h5-7,11,17H,3,8-10H2,1-2,4H3. The molecule has 19 heavy (non-hydrogen) atoms. The summed E-state index contributed by atoms with van der Waals surface area (Å²) in [5.41, 5.74) is 1.18. The second kappa shape index (κ2) is 8.23. The Balaban J connectivity index is 2.68. The van der Waals surface area contributed by atoms with Crippen LogP contribution in [0.4, 0.5) is 0 Å². The number of hydrogen-bond donors (Lipinski definition) is 1. The second-order valence-corrected chi connectivity index (χ2v) is 5.94. The maximum atomic E-state index is 5.66. The molecule has 0 atom stereocenters. The number of halogens is 1. The lowest BCUT2D eigenvalue weighted by Crippen LogP contribution is -2.18. The first kappa shape index (κ1) is 16.1. The molecule has 106 valence electrons. The van der Waals surface area contributed by atoms with Gasteiger partial charge in [-0.05, 0) is 30.2 Å². The predicted octanol–water partition coefficient (Wildman–Crippen LogP) is 3.73. The summed E-state index contributed by atoms with van der Waals surface area (Å²) in [6, 6.07) is 5.97. The molecule has 0 heterocycles. The van der Waals surface area contributed by atoms with Crippen molar-refractivity contribution >= 4 is 15.9 Å². The van der Waals surface area contributed by atoms with Crippen molar-refractivity contribution in [3.63, 3.8) is 0 Å². The molecule has 0 unspecified atom stereocenters. The molecule has 0 saturated heterocycles. The third-order valence-electron chi connectivity index (χ3n) is 2.49. The van der Waals surface area contributed by atoms with Crippen LogP contribution in [0, 0.1) is 5.92 Å². The highest BCUT2D eigenvalue weighted by atomic mass is 79.9. The van der Waals surface area contributed by atoms with Crippen LogP contribution in [-0.4, -0.2) is 20.3 Å². The van der Waals surface area contributed by atoms with Crippen molar-refractivity contribution in [2.24, 2.45) is 5.92 Å². The fourth-order valence-corrected chi connectivity index (χ4v) is 1.72. The Morgan fingerprint density at radius 2 is 2.11 bits per heavy atom. The number of rotatable bonds is 8. The van der Waals surface area contributed by atoms with E-state index < -0.39 is 0 Å². The molecule has 0 bridgehead atoms. The molecule has 0 saturated carbocycles. The van der Waals surface area contributed by atoms with Crippen molar-refractivity contribution in [2.75, 3.05) is 20.3 Å². The van der Waals surface area contributed by atoms with Gasteiger partial charge in [-0.1, -0.05) is 42.4 Å². The molecular weight excluding hydrogens is 306 g/mol. The molecule has 0 aliphatic rings.